The van der Waals surface area contributed by atoms with E-state index in [1.165, 1.54) is 0 Å². The van der Waals surface area contributed by atoms with Crippen molar-refractivity contribution in [2.45, 2.75) is 60.0 Å². The lowest BCUT2D eigenvalue weighted by atomic mass is 9.86. The summed E-state index contributed by atoms with van der Waals surface area (Å²) in [5, 5.41) is 3.01. The zero-order chi connectivity index (χ0) is 12.2. The highest BCUT2D eigenvalue weighted by Gasteiger charge is 2.28. The van der Waals surface area contributed by atoms with Gasteiger partial charge in [0.2, 0.25) is 5.91 Å². The van der Waals surface area contributed by atoms with Crippen LogP contribution in [-0.4, -0.2) is 18.0 Å². The molecule has 0 heterocycles. The fourth-order valence-corrected chi connectivity index (χ4v) is 1.41. The van der Waals surface area contributed by atoms with Gasteiger partial charge < -0.3 is 11.1 Å². The Morgan fingerprint density at radius 1 is 1.33 bits per heavy atom. The van der Waals surface area contributed by atoms with Gasteiger partial charge in [0.1, 0.15) is 0 Å². The Morgan fingerprint density at radius 3 is 2.07 bits per heavy atom. The minimum Gasteiger partial charge on any atom is -0.352 e. The van der Waals surface area contributed by atoms with Crippen LogP contribution in [0, 0.1) is 11.3 Å². The molecule has 0 rings (SSSR count). The average molecular weight is 214 g/mol. The van der Waals surface area contributed by atoms with E-state index in [4.69, 9.17) is 5.73 Å². The molecule has 15 heavy (non-hydrogen) atoms. The molecule has 0 radical (unpaired) electrons. The minimum absolute atomic E-state index is 0.0388. The Labute approximate surface area is 93.8 Å². The molecule has 0 fully saturated rings. The molecule has 0 aliphatic heterocycles. The maximum atomic E-state index is 11.8. The van der Waals surface area contributed by atoms with Crippen LogP contribution in [0.15, 0.2) is 0 Å². The highest BCUT2D eigenvalue weighted by Crippen LogP contribution is 2.18. The molecule has 0 aromatic rings. The highest BCUT2D eigenvalue weighted by atomic mass is 16.2. The standard InChI is InChI=1S/C12H26N2O/c1-7-9(8(2)3)14-11(15)10(13)12(4,5)6/h8-10H,7,13H2,1-6H3,(H,14,15). The summed E-state index contributed by atoms with van der Waals surface area (Å²) in [6.07, 6.45) is 0.945. The molecular formula is C12H26N2O. The van der Waals surface area contributed by atoms with Crippen molar-refractivity contribution in [2.24, 2.45) is 17.1 Å². The van der Waals surface area contributed by atoms with E-state index >= 15 is 0 Å². The van der Waals surface area contributed by atoms with Crippen molar-refractivity contribution in [1.82, 2.24) is 5.32 Å². The van der Waals surface area contributed by atoms with E-state index in [9.17, 15) is 4.79 Å². The summed E-state index contributed by atoms with van der Waals surface area (Å²) in [6, 6.07) is -0.212. The van der Waals surface area contributed by atoms with Crippen LogP contribution in [0.25, 0.3) is 0 Å². The second-order valence-electron chi connectivity index (χ2n) is 5.61. The lowest BCUT2D eigenvalue weighted by Crippen LogP contribution is -2.52. The molecule has 3 nitrogen and oxygen atoms in total. The summed E-state index contributed by atoms with van der Waals surface area (Å²) in [7, 11) is 0. The molecule has 3 heteroatoms. The smallest absolute Gasteiger partial charge is 0.237 e. The van der Waals surface area contributed by atoms with E-state index in [1.54, 1.807) is 0 Å². The maximum absolute atomic E-state index is 11.8. The van der Waals surface area contributed by atoms with Crippen LogP contribution >= 0.6 is 0 Å². The van der Waals surface area contributed by atoms with Crippen molar-refractivity contribution in [1.29, 1.82) is 0 Å². The topological polar surface area (TPSA) is 55.1 Å². The van der Waals surface area contributed by atoms with Gasteiger partial charge in [0.15, 0.2) is 0 Å². The molecule has 90 valence electrons. The normalized spacial score (nSPS) is 16.3. The van der Waals surface area contributed by atoms with Gasteiger partial charge in [0, 0.05) is 6.04 Å². The monoisotopic (exact) mass is 214 g/mol. The molecule has 0 aliphatic rings. The summed E-state index contributed by atoms with van der Waals surface area (Å²) in [5.74, 6) is 0.411. The minimum atomic E-state index is -0.440. The van der Waals surface area contributed by atoms with E-state index < -0.39 is 6.04 Å². The zero-order valence-corrected chi connectivity index (χ0v) is 10.9. The second kappa shape index (κ2) is 5.50. The summed E-state index contributed by atoms with van der Waals surface area (Å²) in [5.41, 5.74) is 5.70. The van der Waals surface area contributed by atoms with Gasteiger partial charge in [0.25, 0.3) is 0 Å². The van der Waals surface area contributed by atoms with Crippen LogP contribution in [0.3, 0.4) is 0 Å². The first-order chi connectivity index (χ1) is 6.70. The van der Waals surface area contributed by atoms with E-state index in [2.05, 4.69) is 26.1 Å². The Hall–Kier alpha value is -0.570. The van der Waals surface area contributed by atoms with Crippen molar-refractivity contribution in [3.05, 3.63) is 0 Å². The van der Waals surface area contributed by atoms with Gasteiger partial charge in [-0.3, -0.25) is 4.79 Å². The summed E-state index contributed by atoms with van der Waals surface area (Å²) >= 11 is 0. The summed E-state index contributed by atoms with van der Waals surface area (Å²) in [4.78, 5) is 11.8. The first-order valence-electron chi connectivity index (χ1n) is 5.76. The molecule has 0 aliphatic carbocycles. The molecular weight excluding hydrogens is 188 g/mol. The molecule has 2 atom stereocenters. The molecule has 0 bridgehead atoms. The van der Waals surface area contributed by atoms with Crippen molar-refractivity contribution >= 4 is 5.91 Å². The van der Waals surface area contributed by atoms with Gasteiger partial charge in [-0.15, -0.1) is 0 Å². The third-order valence-corrected chi connectivity index (χ3v) is 2.79. The molecule has 2 unspecified atom stereocenters. The Morgan fingerprint density at radius 2 is 1.80 bits per heavy atom. The van der Waals surface area contributed by atoms with Crippen LogP contribution in [0.4, 0.5) is 0 Å². The lowest BCUT2D eigenvalue weighted by molar-refractivity contribution is -0.125. The molecule has 0 saturated carbocycles. The largest absolute Gasteiger partial charge is 0.352 e. The predicted molar refractivity (Wildman–Crippen MR) is 64.5 cm³/mol. The van der Waals surface area contributed by atoms with Crippen molar-refractivity contribution in [2.75, 3.05) is 0 Å². The number of amides is 1. The number of rotatable bonds is 4. The van der Waals surface area contributed by atoms with E-state index in [-0.39, 0.29) is 17.4 Å². The fraction of sp³-hybridized carbons (Fsp3) is 0.917. The lowest BCUT2D eigenvalue weighted by Gasteiger charge is -2.29. The van der Waals surface area contributed by atoms with Gasteiger partial charge in [-0.05, 0) is 17.8 Å². The summed E-state index contributed by atoms with van der Waals surface area (Å²) < 4.78 is 0. The van der Waals surface area contributed by atoms with Crippen LogP contribution in [0.1, 0.15) is 48.0 Å². The molecule has 0 spiro atoms. The third kappa shape index (κ3) is 4.65. The van der Waals surface area contributed by atoms with Crippen molar-refractivity contribution < 1.29 is 4.79 Å². The van der Waals surface area contributed by atoms with E-state index in [1.807, 2.05) is 20.8 Å². The number of nitrogens with two attached hydrogens (primary N) is 1. The Bertz CT molecular complexity index is 206. The second-order valence-corrected chi connectivity index (χ2v) is 5.61. The Kier molecular flexibility index (Phi) is 5.29. The molecule has 0 aromatic carbocycles. The molecule has 1 amide bonds. The first-order valence-corrected chi connectivity index (χ1v) is 5.76. The number of carbonyl (C=O) groups is 1. The fourth-order valence-electron chi connectivity index (χ4n) is 1.41. The van der Waals surface area contributed by atoms with E-state index in [0.717, 1.165) is 6.42 Å². The SMILES string of the molecule is CCC(NC(=O)C(N)C(C)(C)C)C(C)C. The first kappa shape index (κ1) is 14.4. The molecule has 3 N–H and O–H groups in total. The molecule has 0 aromatic heterocycles. The summed E-state index contributed by atoms with van der Waals surface area (Å²) in [6.45, 7) is 12.2. The predicted octanol–water partition coefficient (Wildman–Crippen LogP) is 1.91. The zero-order valence-electron chi connectivity index (χ0n) is 10.9. The average Bonchev–Trinajstić information content (AvgIpc) is 2.10. The quantitative estimate of drug-likeness (QED) is 0.751. The maximum Gasteiger partial charge on any atom is 0.237 e. The van der Waals surface area contributed by atoms with Gasteiger partial charge in [-0.2, -0.15) is 0 Å². The Balaban J connectivity index is 4.36. The van der Waals surface area contributed by atoms with Gasteiger partial charge >= 0.3 is 0 Å². The van der Waals surface area contributed by atoms with Crippen LogP contribution in [0.5, 0.6) is 0 Å². The number of carbonyl (C=O) groups excluding carboxylic acids is 1. The van der Waals surface area contributed by atoms with Crippen molar-refractivity contribution in [3.8, 4) is 0 Å². The number of hydrogen-bond acceptors (Lipinski definition) is 2. The van der Waals surface area contributed by atoms with Gasteiger partial charge in [0.05, 0.1) is 6.04 Å². The van der Waals surface area contributed by atoms with Gasteiger partial charge in [-0.1, -0.05) is 41.5 Å². The van der Waals surface area contributed by atoms with Crippen molar-refractivity contribution in [3.63, 3.8) is 0 Å². The number of hydrogen-bond donors (Lipinski definition) is 2. The van der Waals surface area contributed by atoms with Gasteiger partial charge in [-0.25, -0.2) is 0 Å². The van der Waals surface area contributed by atoms with E-state index in [0.29, 0.717) is 5.92 Å². The number of nitrogens with one attached hydrogen (secondary N) is 1. The third-order valence-electron chi connectivity index (χ3n) is 2.79. The van der Waals surface area contributed by atoms with Crippen LogP contribution in [-0.2, 0) is 4.79 Å². The van der Waals surface area contributed by atoms with Crippen LogP contribution < -0.4 is 11.1 Å². The highest BCUT2D eigenvalue weighted by molar-refractivity contribution is 5.82. The molecule has 0 saturated heterocycles. The van der Waals surface area contributed by atoms with Crippen LogP contribution in [0.2, 0.25) is 0 Å².